The van der Waals surface area contributed by atoms with Crippen LogP contribution in [0.2, 0.25) is 0 Å². The van der Waals surface area contributed by atoms with Crippen LogP contribution in [-0.2, 0) is 14.4 Å². The summed E-state index contributed by atoms with van der Waals surface area (Å²) in [6.07, 6.45) is 0.934. The van der Waals surface area contributed by atoms with Crippen LogP contribution < -0.4 is 0 Å². The Balaban J connectivity index is 2.97. The Bertz CT molecular complexity index is 306. The lowest BCUT2D eigenvalue weighted by molar-refractivity contribution is -0.155. The van der Waals surface area contributed by atoms with Gasteiger partial charge in [-0.05, 0) is 6.42 Å². The van der Waals surface area contributed by atoms with E-state index < -0.39 is 23.8 Å². The summed E-state index contributed by atoms with van der Waals surface area (Å²) in [6, 6.07) is -1.00. The maximum absolute atomic E-state index is 11.8. The van der Waals surface area contributed by atoms with Gasteiger partial charge < -0.3 is 5.11 Å². The smallest absolute Gasteiger partial charge is 0.326 e. The summed E-state index contributed by atoms with van der Waals surface area (Å²) in [5.74, 6) is -2.65. The lowest BCUT2D eigenvalue weighted by atomic mass is 10.00. The molecule has 0 radical (unpaired) electrons. The number of hydrogen-bond acceptors (Lipinski definition) is 3. The van der Waals surface area contributed by atoms with Gasteiger partial charge in [-0.15, -0.1) is 0 Å². The van der Waals surface area contributed by atoms with Crippen LogP contribution in [0.15, 0.2) is 0 Å². The number of carboxylic acid groups (broad SMARTS) is 1. The molecule has 3 unspecified atom stereocenters. The first-order valence-electron chi connectivity index (χ1n) is 5.51. The van der Waals surface area contributed by atoms with E-state index in [4.69, 9.17) is 5.11 Å². The van der Waals surface area contributed by atoms with E-state index in [1.54, 1.807) is 13.8 Å². The average Bonchev–Trinajstić information content (AvgIpc) is 2.41. The molecule has 1 saturated heterocycles. The van der Waals surface area contributed by atoms with Crippen LogP contribution in [0.25, 0.3) is 0 Å². The molecule has 1 N–H and O–H groups in total. The molecule has 0 bridgehead atoms. The SMILES string of the molecule is CCCC(C(=O)O)N1C(=O)C(C)C(C)C1=O. The van der Waals surface area contributed by atoms with E-state index in [-0.39, 0.29) is 11.8 Å². The molecule has 0 spiro atoms. The van der Waals surface area contributed by atoms with Crippen LogP contribution in [0.3, 0.4) is 0 Å². The number of imide groups is 1. The van der Waals surface area contributed by atoms with Crippen molar-refractivity contribution in [1.29, 1.82) is 0 Å². The minimum atomic E-state index is -1.11. The molecule has 5 heteroatoms. The van der Waals surface area contributed by atoms with E-state index in [1.165, 1.54) is 0 Å². The van der Waals surface area contributed by atoms with Gasteiger partial charge in [-0.3, -0.25) is 14.5 Å². The van der Waals surface area contributed by atoms with Crippen LogP contribution >= 0.6 is 0 Å². The number of rotatable bonds is 4. The molecule has 5 nitrogen and oxygen atoms in total. The Morgan fingerprint density at radius 2 is 1.75 bits per heavy atom. The molecule has 1 aliphatic heterocycles. The van der Waals surface area contributed by atoms with Gasteiger partial charge in [-0.2, -0.15) is 0 Å². The van der Waals surface area contributed by atoms with Crippen molar-refractivity contribution in [3.63, 3.8) is 0 Å². The minimum absolute atomic E-state index is 0.312. The molecule has 0 aromatic carbocycles. The molecule has 1 aliphatic rings. The molecule has 16 heavy (non-hydrogen) atoms. The first-order chi connectivity index (χ1) is 7.41. The molecule has 1 fully saturated rings. The Kier molecular flexibility index (Phi) is 3.67. The normalized spacial score (nSPS) is 27.3. The second-order valence-corrected chi connectivity index (χ2v) is 4.27. The Labute approximate surface area is 94.4 Å². The molecule has 3 atom stereocenters. The summed E-state index contributed by atoms with van der Waals surface area (Å²) in [7, 11) is 0. The van der Waals surface area contributed by atoms with Gasteiger partial charge in [0.05, 0.1) is 0 Å². The molecule has 0 aliphatic carbocycles. The summed E-state index contributed by atoms with van der Waals surface area (Å²) in [6.45, 7) is 5.15. The van der Waals surface area contributed by atoms with Gasteiger partial charge in [0, 0.05) is 11.8 Å². The third kappa shape index (κ3) is 1.94. The van der Waals surface area contributed by atoms with Crippen LogP contribution in [-0.4, -0.2) is 33.8 Å². The second kappa shape index (κ2) is 4.63. The lowest BCUT2D eigenvalue weighted by Gasteiger charge is -2.22. The number of carbonyl (C=O) groups is 3. The molecule has 0 saturated carbocycles. The highest BCUT2D eigenvalue weighted by molar-refractivity contribution is 6.07. The first-order valence-corrected chi connectivity index (χ1v) is 5.51. The number of carboxylic acids is 1. The lowest BCUT2D eigenvalue weighted by Crippen LogP contribution is -2.45. The average molecular weight is 227 g/mol. The van der Waals surface area contributed by atoms with Gasteiger partial charge in [-0.25, -0.2) is 4.79 Å². The molecular formula is C11H17NO4. The zero-order valence-corrected chi connectivity index (χ0v) is 9.77. The van der Waals surface area contributed by atoms with E-state index >= 15 is 0 Å². The number of nitrogens with zero attached hydrogens (tertiary/aromatic N) is 1. The van der Waals surface area contributed by atoms with Crippen molar-refractivity contribution >= 4 is 17.8 Å². The summed E-state index contributed by atoms with van der Waals surface area (Å²) >= 11 is 0. The van der Waals surface area contributed by atoms with E-state index in [0.717, 1.165) is 4.90 Å². The highest BCUT2D eigenvalue weighted by Crippen LogP contribution is 2.28. The molecule has 2 amide bonds. The number of hydrogen-bond donors (Lipinski definition) is 1. The predicted molar refractivity (Wildman–Crippen MR) is 56.5 cm³/mol. The number of aliphatic carboxylic acids is 1. The van der Waals surface area contributed by atoms with Gasteiger partial charge >= 0.3 is 5.97 Å². The van der Waals surface area contributed by atoms with E-state index in [9.17, 15) is 14.4 Å². The van der Waals surface area contributed by atoms with E-state index in [0.29, 0.717) is 12.8 Å². The number of likely N-dealkylation sites (tertiary alicyclic amines) is 1. The minimum Gasteiger partial charge on any atom is -0.480 e. The van der Waals surface area contributed by atoms with Crippen LogP contribution in [0, 0.1) is 11.8 Å². The second-order valence-electron chi connectivity index (χ2n) is 4.27. The van der Waals surface area contributed by atoms with Gasteiger partial charge in [0.25, 0.3) is 0 Å². The molecule has 0 aromatic rings. The molecule has 90 valence electrons. The quantitative estimate of drug-likeness (QED) is 0.723. The molecule has 1 rings (SSSR count). The van der Waals surface area contributed by atoms with Crippen molar-refractivity contribution in [1.82, 2.24) is 4.90 Å². The zero-order chi connectivity index (χ0) is 12.5. The Hall–Kier alpha value is -1.39. The van der Waals surface area contributed by atoms with Gasteiger partial charge in [-0.1, -0.05) is 27.2 Å². The van der Waals surface area contributed by atoms with Crippen LogP contribution in [0.4, 0.5) is 0 Å². The topological polar surface area (TPSA) is 74.7 Å². The zero-order valence-electron chi connectivity index (χ0n) is 9.77. The van der Waals surface area contributed by atoms with Crippen molar-refractivity contribution in [2.45, 2.75) is 39.7 Å². The maximum Gasteiger partial charge on any atom is 0.326 e. The maximum atomic E-state index is 11.8. The standard InChI is InChI=1S/C11H17NO4/c1-4-5-8(11(15)16)12-9(13)6(2)7(3)10(12)14/h6-8H,4-5H2,1-3H3,(H,15,16). The first kappa shape index (κ1) is 12.7. The summed E-state index contributed by atoms with van der Waals surface area (Å²) < 4.78 is 0. The predicted octanol–water partition coefficient (Wildman–Crippen LogP) is 0.881. The molecular weight excluding hydrogens is 210 g/mol. The summed E-state index contributed by atoms with van der Waals surface area (Å²) in [5.41, 5.74) is 0. The van der Waals surface area contributed by atoms with Crippen LogP contribution in [0.1, 0.15) is 33.6 Å². The van der Waals surface area contributed by atoms with Gasteiger partial charge in [0.15, 0.2) is 0 Å². The highest BCUT2D eigenvalue weighted by atomic mass is 16.4. The molecule has 1 heterocycles. The monoisotopic (exact) mass is 227 g/mol. The third-order valence-corrected chi connectivity index (χ3v) is 3.16. The van der Waals surface area contributed by atoms with Crippen molar-refractivity contribution in [2.75, 3.05) is 0 Å². The van der Waals surface area contributed by atoms with Crippen molar-refractivity contribution in [3.8, 4) is 0 Å². The fraction of sp³-hybridized carbons (Fsp3) is 0.727. The van der Waals surface area contributed by atoms with E-state index in [2.05, 4.69) is 0 Å². The fourth-order valence-corrected chi connectivity index (χ4v) is 1.92. The van der Waals surface area contributed by atoms with Crippen LogP contribution in [0.5, 0.6) is 0 Å². The third-order valence-electron chi connectivity index (χ3n) is 3.16. The van der Waals surface area contributed by atoms with E-state index in [1.807, 2.05) is 6.92 Å². The summed E-state index contributed by atoms with van der Waals surface area (Å²) in [4.78, 5) is 35.5. The van der Waals surface area contributed by atoms with Gasteiger partial charge in [0.2, 0.25) is 11.8 Å². The van der Waals surface area contributed by atoms with Crippen molar-refractivity contribution < 1.29 is 19.5 Å². The molecule has 0 aromatic heterocycles. The largest absolute Gasteiger partial charge is 0.480 e. The number of carbonyl (C=O) groups excluding carboxylic acids is 2. The van der Waals surface area contributed by atoms with Crippen molar-refractivity contribution in [3.05, 3.63) is 0 Å². The fourth-order valence-electron chi connectivity index (χ4n) is 1.92. The Morgan fingerprint density at radius 1 is 1.31 bits per heavy atom. The van der Waals surface area contributed by atoms with Crippen molar-refractivity contribution in [2.24, 2.45) is 11.8 Å². The highest BCUT2D eigenvalue weighted by Gasteiger charge is 2.47. The Morgan fingerprint density at radius 3 is 2.06 bits per heavy atom. The summed E-state index contributed by atoms with van der Waals surface area (Å²) in [5, 5.41) is 9.03. The number of amides is 2. The van der Waals surface area contributed by atoms with Gasteiger partial charge in [0.1, 0.15) is 6.04 Å².